The van der Waals surface area contributed by atoms with E-state index in [1.54, 1.807) is 0 Å². The molecule has 1 aliphatic heterocycles. The summed E-state index contributed by atoms with van der Waals surface area (Å²) >= 11 is 3.53. The first-order valence-electron chi connectivity index (χ1n) is 6.55. The second kappa shape index (κ2) is 5.35. The molecule has 0 saturated heterocycles. The maximum absolute atomic E-state index is 5.88. The Kier molecular flexibility index (Phi) is 3.58. The summed E-state index contributed by atoms with van der Waals surface area (Å²) in [6, 6.07) is 14.8. The van der Waals surface area contributed by atoms with Gasteiger partial charge in [0.2, 0.25) is 0 Å². The highest BCUT2D eigenvalue weighted by atomic mass is 79.9. The fourth-order valence-corrected chi connectivity index (χ4v) is 3.11. The lowest BCUT2D eigenvalue weighted by molar-refractivity contribution is 0.245. The lowest BCUT2D eigenvalue weighted by atomic mass is 9.99. The molecule has 1 heterocycles. The SMILES string of the molecule is Nc1ccc2c(c1)CN(Cc1cccc(Br)c1)CC2. The van der Waals surface area contributed by atoms with Crippen LogP contribution in [0.25, 0.3) is 0 Å². The molecule has 1 aliphatic rings. The van der Waals surface area contributed by atoms with Crippen molar-refractivity contribution in [1.82, 2.24) is 4.90 Å². The zero-order chi connectivity index (χ0) is 13.2. The molecule has 2 nitrogen and oxygen atoms in total. The molecule has 19 heavy (non-hydrogen) atoms. The van der Waals surface area contributed by atoms with Crippen molar-refractivity contribution in [3.8, 4) is 0 Å². The number of benzene rings is 2. The molecule has 0 radical (unpaired) electrons. The number of fused-ring (bicyclic) bond motifs is 1. The first kappa shape index (κ1) is 12.7. The number of hydrogen-bond acceptors (Lipinski definition) is 2. The molecule has 0 fully saturated rings. The average Bonchev–Trinajstić information content (AvgIpc) is 2.38. The maximum atomic E-state index is 5.88. The Labute approximate surface area is 122 Å². The third-order valence-electron chi connectivity index (χ3n) is 3.62. The van der Waals surface area contributed by atoms with Gasteiger partial charge < -0.3 is 5.73 Å². The van der Waals surface area contributed by atoms with Gasteiger partial charge in [-0.1, -0.05) is 34.1 Å². The van der Waals surface area contributed by atoms with Gasteiger partial charge in [0.25, 0.3) is 0 Å². The summed E-state index contributed by atoms with van der Waals surface area (Å²) in [5.74, 6) is 0. The van der Waals surface area contributed by atoms with E-state index >= 15 is 0 Å². The molecule has 98 valence electrons. The van der Waals surface area contributed by atoms with Crippen LogP contribution in [0, 0.1) is 0 Å². The van der Waals surface area contributed by atoms with Gasteiger partial charge in [0.05, 0.1) is 0 Å². The lowest BCUT2D eigenvalue weighted by Crippen LogP contribution is -2.30. The van der Waals surface area contributed by atoms with Crippen molar-refractivity contribution in [2.24, 2.45) is 0 Å². The van der Waals surface area contributed by atoms with Crippen LogP contribution in [-0.2, 0) is 19.5 Å². The molecule has 3 heteroatoms. The molecule has 0 spiro atoms. The largest absolute Gasteiger partial charge is 0.399 e. The molecule has 0 saturated carbocycles. The Morgan fingerprint density at radius 3 is 2.84 bits per heavy atom. The molecule has 0 aromatic heterocycles. The Bertz CT molecular complexity index is 595. The van der Waals surface area contributed by atoms with Crippen molar-refractivity contribution in [2.45, 2.75) is 19.5 Å². The van der Waals surface area contributed by atoms with Gasteiger partial charge >= 0.3 is 0 Å². The van der Waals surface area contributed by atoms with E-state index in [9.17, 15) is 0 Å². The molecule has 0 bridgehead atoms. The van der Waals surface area contributed by atoms with E-state index < -0.39 is 0 Å². The molecule has 0 aliphatic carbocycles. The molecule has 2 aromatic carbocycles. The second-order valence-electron chi connectivity index (χ2n) is 5.12. The number of nitrogens with two attached hydrogens (primary N) is 1. The maximum Gasteiger partial charge on any atom is 0.0317 e. The predicted octanol–water partition coefficient (Wildman–Crippen LogP) is 3.59. The summed E-state index contributed by atoms with van der Waals surface area (Å²) in [5, 5.41) is 0. The van der Waals surface area contributed by atoms with E-state index in [2.05, 4.69) is 57.2 Å². The Morgan fingerprint density at radius 1 is 1.11 bits per heavy atom. The van der Waals surface area contributed by atoms with Crippen LogP contribution < -0.4 is 5.73 Å². The molecule has 2 N–H and O–H groups in total. The van der Waals surface area contributed by atoms with Gasteiger partial charge in [-0.2, -0.15) is 0 Å². The lowest BCUT2D eigenvalue weighted by Gasteiger charge is -2.29. The Morgan fingerprint density at radius 2 is 2.00 bits per heavy atom. The van der Waals surface area contributed by atoms with Crippen molar-refractivity contribution in [1.29, 1.82) is 0 Å². The number of rotatable bonds is 2. The molecular formula is C16H17BrN2. The first-order chi connectivity index (χ1) is 9.20. The minimum absolute atomic E-state index is 0.864. The van der Waals surface area contributed by atoms with Gasteiger partial charge in [0, 0.05) is 29.8 Å². The summed E-state index contributed by atoms with van der Waals surface area (Å²) in [5.41, 5.74) is 10.9. The van der Waals surface area contributed by atoms with Gasteiger partial charge in [-0.3, -0.25) is 4.90 Å². The Hall–Kier alpha value is -1.32. The topological polar surface area (TPSA) is 29.3 Å². The van der Waals surface area contributed by atoms with Crippen molar-refractivity contribution < 1.29 is 0 Å². The number of hydrogen-bond donors (Lipinski definition) is 1. The van der Waals surface area contributed by atoms with Crippen LogP contribution >= 0.6 is 15.9 Å². The highest BCUT2D eigenvalue weighted by molar-refractivity contribution is 9.10. The van der Waals surface area contributed by atoms with E-state index in [1.807, 2.05) is 6.07 Å². The number of nitrogen functional groups attached to an aromatic ring is 1. The number of halogens is 1. The van der Waals surface area contributed by atoms with Crippen LogP contribution in [0.1, 0.15) is 16.7 Å². The third kappa shape index (κ3) is 2.99. The Balaban J connectivity index is 1.75. The summed E-state index contributed by atoms with van der Waals surface area (Å²) < 4.78 is 1.15. The van der Waals surface area contributed by atoms with Crippen LogP contribution in [0.5, 0.6) is 0 Å². The van der Waals surface area contributed by atoms with E-state index in [0.717, 1.165) is 36.2 Å². The summed E-state index contributed by atoms with van der Waals surface area (Å²) in [4.78, 5) is 2.48. The van der Waals surface area contributed by atoms with Crippen LogP contribution in [0.3, 0.4) is 0 Å². The van der Waals surface area contributed by atoms with Gasteiger partial charge in [-0.25, -0.2) is 0 Å². The quantitative estimate of drug-likeness (QED) is 0.858. The monoisotopic (exact) mass is 316 g/mol. The summed E-state index contributed by atoms with van der Waals surface area (Å²) in [7, 11) is 0. The average molecular weight is 317 g/mol. The van der Waals surface area contributed by atoms with Crippen LogP contribution in [0.2, 0.25) is 0 Å². The summed E-state index contributed by atoms with van der Waals surface area (Å²) in [6.45, 7) is 3.10. The van der Waals surface area contributed by atoms with Crippen molar-refractivity contribution >= 4 is 21.6 Å². The van der Waals surface area contributed by atoms with Gasteiger partial charge in [0.1, 0.15) is 0 Å². The van der Waals surface area contributed by atoms with Gasteiger partial charge in [-0.15, -0.1) is 0 Å². The molecule has 2 aromatic rings. The molecular weight excluding hydrogens is 300 g/mol. The molecule has 0 unspecified atom stereocenters. The predicted molar refractivity (Wildman–Crippen MR) is 82.8 cm³/mol. The first-order valence-corrected chi connectivity index (χ1v) is 7.34. The number of nitrogens with zero attached hydrogens (tertiary/aromatic N) is 1. The highest BCUT2D eigenvalue weighted by Gasteiger charge is 2.16. The third-order valence-corrected chi connectivity index (χ3v) is 4.11. The van der Waals surface area contributed by atoms with E-state index in [1.165, 1.54) is 16.7 Å². The second-order valence-corrected chi connectivity index (χ2v) is 6.03. The standard InChI is InChI=1S/C16H17BrN2/c17-15-3-1-2-12(8-15)10-19-7-6-13-4-5-16(18)9-14(13)11-19/h1-5,8-9H,6-7,10-11,18H2. The van der Waals surface area contributed by atoms with Crippen LogP contribution in [0.4, 0.5) is 5.69 Å². The van der Waals surface area contributed by atoms with Crippen LogP contribution in [0.15, 0.2) is 46.9 Å². The van der Waals surface area contributed by atoms with Gasteiger partial charge in [-0.05, 0) is 47.4 Å². The zero-order valence-corrected chi connectivity index (χ0v) is 12.4. The fraction of sp³-hybridized carbons (Fsp3) is 0.250. The fourth-order valence-electron chi connectivity index (χ4n) is 2.66. The van der Waals surface area contributed by atoms with E-state index in [4.69, 9.17) is 5.73 Å². The molecule has 3 rings (SSSR count). The van der Waals surface area contributed by atoms with E-state index in [-0.39, 0.29) is 0 Å². The number of anilines is 1. The normalized spacial score (nSPS) is 15.2. The van der Waals surface area contributed by atoms with Crippen molar-refractivity contribution in [3.63, 3.8) is 0 Å². The van der Waals surface area contributed by atoms with Crippen molar-refractivity contribution in [3.05, 3.63) is 63.6 Å². The van der Waals surface area contributed by atoms with E-state index in [0.29, 0.717) is 0 Å². The van der Waals surface area contributed by atoms with Gasteiger partial charge in [0.15, 0.2) is 0 Å². The minimum atomic E-state index is 0.864. The zero-order valence-electron chi connectivity index (χ0n) is 10.8. The molecule has 0 atom stereocenters. The smallest absolute Gasteiger partial charge is 0.0317 e. The minimum Gasteiger partial charge on any atom is -0.399 e. The summed E-state index contributed by atoms with van der Waals surface area (Å²) in [6.07, 6.45) is 1.11. The molecule has 0 amide bonds. The highest BCUT2D eigenvalue weighted by Crippen LogP contribution is 2.23. The van der Waals surface area contributed by atoms with Crippen molar-refractivity contribution in [2.75, 3.05) is 12.3 Å². The van der Waals surface area contributed by atoms with Crippen LogP contribution in [-0.4, -0.2) is 11.4 Å².